The smallest absolute Gasteiger partial charge is 0.311 e. The van der Waals surface area contributed by atoms with Crippen molar-refractivity contribution in [2.75, 3.05) is 26.2 Å². The molecule has 0 bridgehead atoms. The number of hydrogen-bond donors (Lipinski definition) is 3. The van der Waals surface area contributed by atoms with Gasteiger partial charge in [0.1, 0.15) is 0 Å². The van der Waals surface area contributed by atoms with Crippen molar-refractivity contribution >= 4 is 11.8 Å². The summed E-state index contributed by atoms with van der Waals surface area (Å²) in [6.07, 6.45) is 1.14. The van der Waals surface area contributed by atoms with Crippen molar-refractivity contribution in [1.82, 2.24) is 10.2 Å². The van der Waals surface area contributed by atoms with E-state index in [-0.39, 0.29) is 12.0 Å². The second-order valence-electron chi connectivity index (χ2n) is 4.41. The van der Waals surface area contributed by atoms with Gasteiger partial charge in [0.05, 0.1) is 6.10 Å². The first-order chi connectivity index (χ1) is 8.06. The summed E-state index contributed by atoms with van der Waals surface area (Å²) in [5, 5.41) is 11.9. The molecule has 1 atom stereocenters. The molecule has 1 aliphatic heterocycles. The van der Waals surface area contributed by atoms with Crippen LogP contribution in [0.3, 0.4) is 0 Å². The van der Waals surface area contributed by atoms with E-state index < -0.39 is 11.8 Å². The summed E-state index contributed by atoms with van der Waals surface area (Å²) in [6.45, 7) is 3.46. The Morgan fingerprint density at radius 2 is 2.06 bits per heavy atom. The highest BCUT2D eigenvalue weighted by Crippen LogP contribution is 2.20. The standard InChI is InChI=1S/C11H21N3O3/c1-8(15)9-2-6-14(7-3-9)11(17)10(16)13-5-4-12/h8-9,15H,2-7,12H2,1H3,(H,13,16). The van der Waals surface area contributed by atoms with Gasteiger partial charge in [0, 0.05) is 26.2 Å². The van der Waals surface area contributed by atoms with E-state index in [0.29, 0.717) is 26.2 Å². The molecule has 1 rings (SSSR count). The predicted octanol–water partition coefficient (Wildman–Crippen LogP) is -1.32. The van der Waals surface area contributed by atoms with Gasteiger partial charge in [0.15, 0.2) is 0 Å². The lowest BCUT2D eigenvalue weighted by atomic mass is 9.92. The molecule has 1 fully saturated rings. The molecule has 0 aromatic carbocycles. The lowest BCUT2D eigenvalue weighted by Crippen LogP contribution is -2.48. The molecule has 6 heteroatoms. The molecule has 0 saturated carbocycles. The first kappa shape index (κ1) is 13.9. The maximum Gasteiger partial charge on any atom is 0.311 e. The van der Waals surface area contributed by atoms with Crippen LogP contribution in [0.1, 0.15) is 19.8 Å². The number of rotatable bonds is 3. The lowest BCUT2D eigenvalue weighted by Gasteiger charge is -2.32. The Kier molecular flexibility index (Phi) is 5.37. The minimum atomic E-state index is -0.592. The van der Waals surface area contributed by atoms with Crippen LogP contribution in [-0.2, 0) is 9.59 Å². The highest BCUT2D eigenvalue weighted by Gasteiger charge is 2.28. The summed E-state index contributed by atoms with van der Waals surface area (Å²) in [4.78, 5) is 24.6. The van der Waals surface area contributed by atoms with Crippen LogP contribution < -0.4 is 11.1 Å². The molecule has 0 spiro atoms. The Hall–Kier alpha value is -1.14. The van der Waals surface area contributed by atoms with Crippen LogP contribution in [-0.4, -0.2) is 54.1 Å². The molecule has 1 aliphatic rings. The normalized spacial score (nSPS) is 18.9. The number of aliphatic hydroxyl groups excluding tert-OH is 1. The molecule has 1 heterocycles. The SMILES string of the molecule is CC(O)C1CCN(C(=O)C(=O)NCCN)CC1. The number of aliphatic hydroxyl groups is 1. The third-order valence-electron chi connectivity index (χ3n) is 3.13. The van der Waals surface area contributed by atoms with Gasteiger partial charge < -0.3 is 21.1 Å². The van der Waals surface area contributed by atoms with Crippen molar-refractivity contribution in [3.63, 3.8) is 0 Å². The van der Waals surface area contributed by atoms with Crippen molar-refractivity contribution in [3.8, 4) is 0 Å². The Bertz CT molecular complexity index is 273. The number of amides is 2. The van der Waals surface area contributed by atoms with Gasteiger partial charge in [-0.1, -0.05) is 0 Å². The molecule has 2 amide bonds. The van der Waals surface area contributed by atoms with Gasteiger partial charge in [-0.3, -0.25) is 9.59 Å². The molecular weight excluding hydrogens is 222 g/mol. The van der Waals surface area contributed by atoms with E-state index in [1.54, 1.807) is 6.92 Å². The monoisotopic (exact) mass is 243 g/mol. The van der Waals surface area contributed by atoms with Gasteiger partial charge in [-0.15, -0.1) is 0 Å². The zero-order valence-corrected chi connectivity index (χ0v) is 10.2. The minimum Gasteiger partial charge on any atom is -0.393 e. The van der Waals surface area contributed by atoms with Crippen molar-refractivity contribution in [2.45, 2.75) is 25.9 Å². The minimum absolute atomic E-state index is 0.228. The first-order valence-electron chi connectivity index (χ1n) is 6.01. The highest BCUT2D eigenvalue weighted by atomic mass is 16.3. The second-order valence-corrected chi connectivity index (χ2v) is 4.41. The third kappa shape index (κ3) is 3.98. The lowest BCUT2D eigenvalue weighted by molar-refractivity contribution is -0.147. The summed E-state index contributed by atoms with van der Waals surface area (Å²) < 4.78 is 0. The first-order valence-corrected chi connectivity index (χ1v) is 6.01. The Morgan fingerprint density at radius 1 is 1.47 bits per heavy atom. The third-order valence-corrected chi connectivity index (χ3v) is 3.13. The Morgan fingerprint density at radius 3 is 2.53 bits per heavy atom. The zero-order valence-electron chi connectivity index (χ0n) is 10.2. The summed E-state index contributed by atoms with van der Waals surface area (Å²) >= 11 is 0. The van der Waals surface area contributed by atoms with Gasteiger partial charge in [-0.05, 0) is 25.7 Å². The molecule has 0 aromatic heterocycles. The number of piperidine rings is 1. The number of nitrogens with one attached hydrogen (secondary N) is 1. The molecule has 6 nitrogen and oxygen atoms in total. The average Bonchev–Trinajstić information content (AvgIpc) is 2.35. The van der Waals surface area contributed by atoms with E-state index in [0.717, 1.165) is 12.8 Å². The molecule has 4 N–H and O–H groups in total. The molecule has 98 valence electrons. The Balaban J connectivity index is 2.37. The van der Waals surface area contributed by atoms with Crippen LogP contribution in [0.4, 0.5) is 0 Å². The predicted molar refractivity (Wildman–Crippen MR) is 63.0 cm³/mol. The van der Waals surface area contributed by atoms with Crippen LogP contribution in [0.5, 0.6) is 0 Å². The van der Waals surface area contributed by atoms with Crippen LogP contribution in [0.15, 0.2) is 0 Å². The number of nitrogens with zero attached hydrogens (tertiary/aromatic N) is 1. The van der Waals surface area contributed by atoms with Crippen molar-refractivity contribution < 1.29 is 14.7 Å². The molecule has 1 saturated heterocycles. The summed E-state index contributed by atoms with van der Waals surface area (Å²) in [6, 6.07) is 0. The summed E-state index contributed by atoms with van der Waals surface area (Å²) in [7, 11) is 0. The maximum atomic E-state index is 11.7. The van der Waals surface area contributed by atoms with Crippen LogP contribution in [0, 0.1) is 5.92 Å². The molecular formula is C11H21N3O3. The highest BCUT2D eigenvalue weighted by molar-refractivity contribution is 6.35. The van der Waals surface area contributed by atoms with E-state index in [1.807, 2.05) is 0 Å². The number of carbonyl (C=O) groups excluding carboxylic acids is 2. The van der Waals surface area contributed by atoms with Crippen molar-refractivity contribution in [2.24, 2.45) is 11.7 Å². The molecule has 0 aliphatic carbocycles. The van der Waals surface area contributed by atoms with Gasteiger partial charge >= 0.3 is 11.8 Å². The number of likely N-dealkylation sites (tertiary alicyclic amines) is 1. The van der Waals surface area contributed by atoms with Gasteiger partial charge in [-0.25, -0.2) is 0 Å². The molecule has 0 aromatic rings. The van der Waals surface area contributed by atoms with Gasteiger partial charge in [0.25, 0.3) is 0 Å². The second kappa shape index (κ2) is 6.56. The molecule has 1 unspecified atom stereocenters. The average molecular weight is 243 g/mol. The summed E-state index contributed by atoms with van der Waals surface area (Å²) in [5.74, 6) is -0.861. The number of nitrogens with two attached hydrogens (primary N) is 1. The number of hydrogen-bond acceptors (Lipinski definition) is 4. The van der Waals surface area contributed by atoms with Crippen molar-refractivity contribution in [3.05, 3.63) is 0 Å². The fourth-order valence-corrected chi connectivity index (χ4v) is 1.99. The maximum absolute atomic E-state index is 11.7. The van der Waals surface area contributed by atoms with Gasteiger partial charge in [-0.2, -0.15) is 0 Å². The van der Waals surface area contributed by atoms with Crippen molar-refractivity contribution in [1.29, 1.82) is 0 Å². The summed E-state index contributed by atoms with van der Waals surface area (Å²) in [5.41, 5.74) is 5.24. The van der Waals surface area contributed by atoms with Crippen LogP contribution in [0.2, 0.25) is 0 Å². The van der Waals surface area contributed by atoms with E-state index >= 15 is 0 Å². The topological polar surface area (TPSA) is 95.7 Å². The number of carbonyl (C=O) groups is 2. The fourth-order valence-electron chi connectivity index (χ4n) is 1.99. The largest absolute Gasteiger partial charge is 0.393 e. The zero-order chi connectivity index (χ0) is 12.8. The van der Waals surface area contributed by atoms with Gasteiger partial charge in [0.2, 0.25) is 0 Å². The fraction of sp³-hybridized carbons (Fsp3) is 0.818. The van der Waals surface area contributed by atoms with E-state index in [1.165, 1.54) is 4.90 Å². The quantitative estimate of drug-likeness (QED) is 0.536. The van der Waals surface area contributed by atoms with E-state index in [9.17, 15) is 14.7 Å². The molecule has 17 heavy (non-hydrogen) atoms. The van der Waals surface area contributed by atoms with E-state index in [4.69, 9.17) is 5.73 Å². The van der Waals surface area contributed by atoms with Crippen LogP contribution in [0.25, 0.3) is 0 Å². The van der Waals surface area contributed by atoms with E-state index in [2.05, 4.69) is 5.32 Å². The van der Waals surface area contributed by atoms with Crippen LogP contribution >= 0.6 is 0 Å². The Labute approximate surface area is 101 Å². The molecule has 0 radical (unpaired) electrons.